The molecule has 0 unspecified atom stereocenters. The maximum atomic E-state index is 13.0. The van der Waals surface area contributed by atoms with E-state index in [1.807, 2.05) is 0 Å². The average molecular weight is 414 g/mol. The Balaban J connectivity index is 0.00000261. The quantitative estimate of drug-likeness (QED) is 0.753. The summed E-state index contributed by atoms with van der Waals surface area (Å²) < 4.78 is 40.3. The lowest BCUT2D eigenvalue weighted by molar-refractivity contribution is 0.0711. The van der Waals surface area contributed by atoms with Crippen LogP contribution in [0.25, 0.3) is 0 Å². The van der Waals surface area contributed by atoms with Crippen LogP contribution in [0.5, 0.6) is 0 Å². The fourth-order valence-corrected chi connectivity index (χ4v) is 4.26. The van der Waals surface area contributed by atoms with Crippen molar-refractivity contribution in [3.63, 3.8) is 0 Å². The number of carbonyl (C=O) groups is 1. The van der Waals surface area contributed by atoms with Gasteiger partial charge >= 0.3 is 0 Å². The fraction of sp³-hybridized carbons (Fsp3) is 0.278. The van der Waals surface area contributed by atoms with E-state index in [4.69, 9.17) is 5.73 Å². The molecule has 0 spiro atoms. The predicted molar refractivity (Wildman–Crippen MR) is 104 cm³/mol. The van der Waals surface area contributed by atoms with Crippen LogP contribution in [0.3, 0.4) is 0 Å². The van der Waals surface area contributed by atoms with Gasteiger partial charge in [0.15, 0.2) is 0 Å². The van der Waals surface area contributed by atoms with E-state index >= 15 is 0 Å². The fourth-order valence-electron chi connectivity index (χ4n) is 2.96. The lowest BCUT2D eigenvalue weighted by Crippen LogP contribution is -2.46. The van der Waals surface area contributed by atoms with Gasteiger partial charge in [0.1, 0.15) is 5.82 Å². The first-order chi connectivity index (χ1) is 12.3. The molecule has 0 atom stereocenters. The molecule has 6 nitrogen and oxygen atoms in total. The highest BCUT2D eigenvalue weighted by atomic mass is 35.5. The summed E-state index contributed by atoms with van der Waals surface area (Å²) in [4.78, 5) is 14.2. The number of anilines is 1. The normalized spacial score (nSPS) is 15.2. The van der Waals surface area contributed by atoms with Gasteiger partial charge in [-0.3, -0.25) is 4.79 Å². The van der Waals surface area contributed by atoms with Gasteiger partial charge in [-0.15, -0.1) is 12.4 Å². The Morgan fingerprint density at radius 1 is 1.11 bits per heavy atom. The van der Waals surface area contributed by atoms with Crippen LogP contribution in [-0.2, 0) is 10.0 Å². The van der Waals surface area contributed by atoms with Crippen molar-refractivity contribution in [1.82, 2.24) is 9.62 Å². The van der Waals surface area contributed by atoms with E-state index in [1.54, 1.807) is 29.2 Å². The van der Waals surface area contributed by atoms with Crippen LogP contribution in [-0.4, -0.2) is 38.4 Å². The Bertz CT molecular complexity index is 898. The van der Waals surface area contributed by atoms with Gasteiger partial charge in [-0.1, -0.05) is 6.07 Å². The summed E-state index contributed by atoms with van der Waals surface area (Å²) in [6.45, 7) is 0.897. The molecule has 1 saturated heterocycles. The summed E-state index contributed by atoms with van der Waals surface area (Å²) in [5, 5.41) is 0. The number of nitrogens with zero attached hydrogens (tertiary/aromatic N) is 1. The largest absolute Gasteiger partial charge is 0.399 e. The second-order valence-electron chi connectivity index (χ2n) is 6.27. The number of amides is 1. The Morgan fingerprint density at radius 2 is 1.74 bits per heavy atom. The highest BCUT2D eigenvalue weighted by molar-refractivity contribution is 7.89. The first-order valence-electron chi connectivity index (χ1n) is 8.28. The SMILES string of the molecule is Cl.Nc1cccc(C(=O)N2CCC(NS(=O)(=O)c3ccc(F)cc3)CC2)c1. The molecule has 2 aromatic rings. The van der Waals surface area contributed by atoms with Crippen LogP contribution >= 0.6 is 12.4 Å². The second kappa shape index (κ2) is 8.69. The number of sulfonamides is 1. The van der Waals surface area contributed by atoms with Crippen LogP contribution in [0.4, 0.5) is 10.1 Å². The summed E-state index contributed by atoms with van der Waals surface area (Å²) in [5.74, 6) is -0.602. The number of hydrogen-bond acceptors (Lipinski definition) is 4. The van der Waals surface area contributed by atoms with Crippen molar-refractivity contribution >= 4 is 34.0 Å². The molecule has 1 amide bonds. The van der Waals surface area contributed by atoms with E-state index in [0.29, 0.717) is 37.2 Å². The van der Waals surface area contributed by atoms with Crippen LogP contribution in [0, 0.1) is 5.82 Å². The number of carbonyl (C=O) groups excluding carboxylic acids is 1. The Hall–Kier alpha value is -2.16. The van der Waals surface area contributed by atoms with Crippen molar-refractivity contribution in [3.8, 4) is 0 Å². The van der Waals surface area contributed by atoms with Crippen LogP contribution < -0.4 is 10.5 Å². The lowest BCUT2D eigenvalue weighted by atomic mass is 10.0. The lowest BCUT2D eigenvalue weighted by Gasteiger charge is -2.32. The van der Waals surface area contributed by atoms with E-state index in [0.717, 1.165) is 12.1 Å². The van der Waals surface area contributed by atoms with E-state index in [1.165, 1.54) is 12.1 Å². The highest BCUT2D eigenvalue weighted by Gasteiger charge is 2.27. The minimum absolute atomic E-state index is 0. The van der Waals surface area contributed by atoms with Crippen molar-refractivity contribution in [3.05, 3.63) is 59.9 Å². The van der Waals surface area contributed by atoms with E-state index < -0.39 is 15.8 Å². The number of likely N-dealkylation sites (tertiary alicyclic amines) is 1. The van der Waals surface area contributed by atoms with Crippen LogP contribution in [0.15, 0.2) is 53.4 Å². The Kier molecular flexibility index (Phi) is 6.80. The molecular formula is C18H21ClFN3O3S. The zero-order chi connectivity index (χ0) is 18.7. The zero-order valence-corrected chi connectivity index (χ0v) is 16.1. The number of nitrogens with one attached hydrogen (secondary N) is 1. The first kappa shape index (κ1) is 21.1. The van der Waals surface area contributed by atoms with Gasteiger partial charge in [0.25, 0.3) is 5.91 Å². The molecule has 146 valence electrons. The van der Waals surface area contributed by atoms with Gasteiger partial charge in [0, 0.05) is 30.4 Å². The number of halogens is 2. The molecule has 27 heavy (non-hydrogen) atoms. The molecule has 9 heteroatoms. The first-order valence-corrected chi connectivity index (χ1v) is 9.76. The molecule has 3 N–H and O–H groups in total. The number of benzene rings is 2. The number of rotatable bonds is 4. The molecule has 0 radical (unpaired) electrons. The number of nitrogen functional groups attached to an aromatic ring is 1. The minimum Gasteiger partial charge on any atom is -0.399 e. The average Bonchev–Trinajstić information content (AvgIpc) is 2.62. The molecule has 2 aromatic carbocycles. The molecule has 0 saturated carbocycles. The molecule has 3 rings (SSSR count). The Morgan fingerprint density at radius 3 is 2.33 bits per heavy atom. The summed E-state index contributed by atoms with van der Waals surface area (Å²) in [5.41, 5.74) is 6.76. The van der Waals surface area contributed by atoms with Gasteiger partial charge in [0.05, 0.1) is 4.90 Å². The van der Waals surface area contributed by atoms with Gasteiger partial charge in [-0.2, -0.15) is 0 Å². The second-order valence-corrected chi connectivity index (χ2v) is 7.98. The monoisotopic (exact) mass is 413 g/mol. The third-order valence-corrected chi connectivity index (χ3v) is 5.90. The van der Waals surface area contributed by atoms with E-state index in [9.17, 15) is 17.6 Å². The molecule has 0 bridgehead atoms. The maximum absolute atomic E-state index is 13.0. The van der Waals surface area contributed by atoms with Gasteiger partial charge in [0.2, 0.25) is 10.0 Å². The Labute approximate surface area is 164 Å². The smallest absolute Gasteiger partial charge is 0.253 e. The highest BCUT2D eigenvalue weighted by Crippen LogP contribution is 2.18. The van der Waals surface area contributed by atoms with E-state index in [-0.39, 0.29) is 29.3 Å². The van der Waals surface area contributed by atoms with Crippen molar-refractivity contribution in [2.45, 2.75) is 23.8 Å². The molecule has 1 aliphatic heterocycles. The predicted octanol–water partition coefficient (Wildman–Crippen LogP) is 2.41. The number of piperidine rings is 1. The summed E-state index contributed by atoms with van der Waals surface area (Å²) >= 11 is 0. The van der Waals surface area contributed by atoms with Crippen LogP contribution in [0.1, 0.15) is 23.2 Å². The molecule has 1 aliphatic rings. The number of nitrogens with two attached hydrogens (primary N) is 1. The maximum Gasteiger partial charge on any atom is 0.253 e. The molecule has 1 fully saturated rings. The molecule has 1 heterocycles. The van der Waals surface area contributed by atoms with Crippen molar-refractivity contribution in [2.24, 2.45) is 0 Å². The minimum atomic E-state index is -3.71. The number of hydrogen-bond donors (Lipinski definition) is 2. The molecule has 0 aliphatic carbocycles. The molecular weight excluding hydrogens is 393 g/mol. The van der Waals surface area contributed by atoms with Crippen molar-refractivity contribution in [2.75, 3.05) is 18.8 Å². The third-order valence-electron chi connectivity index (χ3n) is 4.36. The molecule has 0 aromatic heterocycles. The van der Waals surface area contributed by atoms with Gasteiger partial charge in [-0.05, 0) is 55.3 Å². The van der Waals surface area contributed by atoms with Crippen molar-refractivity contribution in [1.29, 1.82) is 0 Å². The standard InChI is InChI=1S/C18H20FN3O3S.ClH/c19-14-4-6-17(7-5-14)26(24,25)21-16-8-10-22(11-9-16)18(23)13-2-1-3-15(20)12-13;/h1-7,12,16,21H,8-11,20H2;1H. The van der Waals surface area contributed by atoms with Gasteiger partial charge in [-0.25, -0.2) is 17.5 Å². The zero-order valence-electron chi connectivity index (χ0n) is 14.5. The topological polar surface area (TPSA) is 92.5 Å². The third kappa shape index (κ3) is 5.18. The summed E-state index contributed by atoms with van der Waals surface area (Å²) in [6, 6.07) is 11.2. The summed E-state index contributed by atoms with van der Waals surface area (Å²) in [7, 11) is -3.71. The van der Waals surface area contributed by atoms with E-state index in [2.05, 4.69) is 4.72 Å². The summed E-state index contributed by atoms with van der Waals surface area (Å²) in [6.07, 6.45) is 1.02. The van der Waals surface area contributed by atoms with Crippen molar-refractivity contribution < 1.29 is 17.6 Å². The van der Waals surface area contributed by atoms with Gasteiger partial charge < -0.3 is 10.6 Å². The van der Waals surface area contributed by atoms with Crippen LogP contribution in [0.2, 0.25) is 0 Å².